The summed E-state index contributed by atoms with van der Waals surface area (Å²) in [6, 6.07) is 24.2. The summed E-state index contributed by atoms with van der Waals surface area (Å²) >= 11 is 4.04. The maximum atomic E-state index is 2.48. The smallest absolute Gasteiger partial charge is 0.0352 e. The van der Waals surface area contributed by atoms with Crippen molar-refractivity contribution in [2.75, 3.05) is 0 Å². The minimum Gasteiger partial charge on any atom is -0.140 e. The molecule has 0 atom stereocenters. The fourth-order valence-electron chi connectivity index (χ4n) is 7.17. The highest BCUT2D eigenvalue weighted by atomic mass is 32.1. The molecule has 0 spiro atoms. The van der Waals surface area contributed by atoms with Crippen molar-refractivity contribution < 1.29 is 0 Å². The minimum atomic E-state index is 1.23. The molecule has 6 aromatic rings. The SMILES string of the molecule is CCCCCCCCCCc1cc2cc3ccc4c5cc6sc(CCCCCCCCCC)cc6cc5ccc4c3cc2s1. The quantitative estimate of drug-likeness (QED) is 0.0662. The maximum Gasteiger partial charge on any atom is 0.0352 e. The number of hydrogen-bond donors (Lipinski definition) is 0. The monoisotopic (exact) mass is 620 g/mol. The van der Waals surface area contributed by atoms with E-state index in [1.54, 1.807) is 9.75 Å². The Morgan fingerprint density at radius 2 is 0.750 bits per heavy atom. The van der Waals surface area contributed by atoms with Crippen LogP contribution in [0.2, 0.25) is 0 Å². The molecule has 0 saturated carbocycles. The van der Waals surface area contributed by atoms with Crippen molar-refractivity contribution in [3.05, 3.63) is 70.4 Å². The lowest BCUT2D eigenvalue weighted by Gasteiger charge is -2.08. The Hall–Kier alpha value is -2.42. The molecule has 232 valence electrons. The molecule has 0 bridgehead atoms. The van der Waals surface area contributed by atoms with Crippen LogP contribution in [0.1, 0.15) is 126 Å². The molecule has 0 unspecified atom stereocenters. The van der Waals surface area contributed by atoms with E-state index in [0.29, 0.717) is 0 Å². The molecule has 0 nitrogen and oxygen atoms in total. The summed E-state index contributed by atoms with van der Waals surface area (Å²) < 4.78 is 2.89. The van der Waals surface area contributed by atoms with Crippen molar-refractivity contribution in [2.24, 2.45) is 0 Å². The van der Waals surface area contributed by atoms with Crippen LogP contribution in [0.4, 0.5) is 0 Å². The van der Waals surface area contributed by atoms with Gasteiger partial charge in [0, 0.05) is 19.2 Å². The van der Waals surface area contributed by atoms with Gasteiger partial charge in [-0.3, -0.25) is 0 Å². The van der Waals surface area contributed by atoms with Crippen molar-refractivity contribution in [3.8, 4) is 0 Å². The van der Waals surface area contributed by atoms with Gasteiger partial charge >= 0.3 is 0 Å². The van der Waals surface area contributed by atoms with Gasteiger partial charge in [-0.25, -0.2) is 0 Å². The third-order valence-corrected chi connectivity index (χ3v) is 12.1. The molecule has 6 rings (SSSR count). The number of rotatable bonds is 18. The molecular weight excluding hydrogens is 569 g/mol. The molecular formula is C42H52S2. The van der Waals surface area contributed by atoms with Crippen molar-refractivity contribution in [1.82, 2.24) is 0 Å². The van der Waals surface area contributed by atoms with Gasteiger partial charge in [0.25, 0.3) is 0 Å². The average molecular weight is 621 g/mol. The van der Waals surface area contributed by atoms with E-state index in [1.165, 1.54) is 168 Å². The minimum absolute atomic E-state index is 1.23. The second-order valence-corrected chi connectivity index (χ2v) is 15.7. The predicted molar refractivity (Wildman–Crippen MR) is 202 cm³/mol. The molecule has 0 amide bonds. The molecule has 0 N–H and O–H groups in total. The lowest BCUT2D eigenvalue weighted by molar-refractivity contribution is 0.576. The fourth-order valence-corrected chi connectivity index (χ4v) is 9.42. The van der Waals surface area contributed by atoms with E-state index in [-0.39, 0.29) is 0 Å². The first-order chi connectivity index (χ1) is 21.7. The van der Waals surface area contributed by atoms with E-state index in [0.717, 1.165) is 0 Å². The van der Waals surface area contributed by atoms with Crippen LogP contribution in [-0.2, 0) is 12.8 Å². The van der Waals surface area contributed by atoms with Gasteiger partial charge in [-0.1, -0.05) is 128 Å². The van der Waals surface area contributed by atoms with Gasteiger partial charge in [0.05, 0.1) is 0 Å². The summed E-state index contributed by atoms with van der Waals surface area (Å²) in [4.78, 5) is 3.11. The summed E-state index contributed by atoms with van der Waals surface area (Å²) in [5, 5.41) is 11.2. The van der Waals surface area contributed by atoms with Crippen molar-refractivity contribution in [2.45, 2.75) is 129 Å². The lowest BCUT2D eigenvalue weighted by Crippen LogP contribution is -1.83. The zero-order valence-corrected chi connectivity index (χ0v) is 29.0. The number of benzene rings is 4. The van der Waals surface area contributed by atoms with E-state index in [2.05, 4.69) is 74.5 Å². The van der Waals surface area contributed by atoms with Crippen LogP contribution in [0.3, 0.4) is 0 Å². The second-order valence-electron chi connectivity index (χ2n) is 13.3. The van der Waals surface area contributed by atoms with Crippen molar-refractivity contribution in [1.29, 1.82) is 0 Å². The highest BCUT2D eigenvalue weighted by Gasteiger charge is 2.11. The summed E-state index contributed by atoms with van der Waals surface area (Å²) in [6.07, 6.45) is 24.7. The third-order valence-electron chi connectivity index (χ3n) is 9.76. The van der Waals surface area contributed by atoms with Crippen LogP contribution in [0.25, 0.3) is 52.5 Å². The summed E-state index contributed by atoms with van der Waals surface area (Å²) in [5.74, 6) is 0. The molecule has 0 saturated heterocycles. The van der Waals surface area contributed by atoms with E-state index in [4.69, 9.17) is 0 Å². The molecule has 4 aromatic carbocycles. The Labute approximate surface area is 273 Å². The fraction of sp³-hybridized carbons (Fsp3) is 0.476. The van der Waals surface area contributed by atoms with Crippen molar-refractivity contribution >= 4 is 75.2 Å². The van der Waals surface area contributed by atoms with Gasteiger partial charge in [-0.2, -0.15) is 0 Å². The molecule has 2 heteroatoms. The molecule has 44 heavy (non-hydrogen) atoms. The van der Waals surface area contributed by atoms with E-state index in [9.17, 15) is 0 Å². The zero-order valence-electron chi connectivity index (χ0n) is 27.3. The topological polar surface area (TPSA) is 0 Å². The number of hydrogen-bond acceptors (Lipinski definition) is 2. The lowest BCUT2D eigenvalue weighted by atomic mass is 9.96. The number of aryl methyl sites for hydroxylation is 2. The van der Waals surface area contributed by atoms with Gasteiger partial charge in [0.2, 0.25) is 0 Å². The summed E-state index contributed by atoms with van der Waals surface area (Å²) in [6.45, 7) is 4.60. The molecule has 2 aromatic heterocycles. The van der Waals surface area contributed by atoms with Crippen LogP contribution in [-0.4, -0.2) is 0 Å². The normalized spacial score (nSPS) is 12.1. The summed E-state index contributed by atoms with van der Waals surface area (Å²) in [5.41, 5.74) is 0. The molecule has 2 heterocycles. The Bertz CT molecular complexity index is 1670. The molecule has 0 radical (unpaired) electrons. The average Bonchev–Trinajstić information content (AvgIpc) is 3.63. The first-order valence-corrected chi connectivity index (χ1v) is 19.6. The standard InChI is InChI=1S/C42H52S2/c1-3-5-7-9-11-13-15-17-19-35-27-33-25-31-21-23-38-37(39(31)29-41(33)43-35)24-22-32-26-34-28-36(44-42(34)30-40(32)38)20-18-16-14-12-10-8-6-4-2/h21-30H,3-20H2,1-2H3. The van der Waals surface area contributed by atoms with E-state index >= 15 is 0 Å². The molecule has 0 aliphatic rings. The van der Waals surface area contributed by atoms with Gasteiger partial charge in [-0.15, -0.1) is 22.7 Å². The molecule has 0 aliphatic heterocycles. The number of fused-ring (bicyclic) bond motifs is 7. The van der Waals surface area contributed by atoms with Crippen LogP contribution in [0, 0.1) is 0 Å². The summed E-state index contributed by atoms with van der Waals surface area (Å²) in [7, 11) is 0. The Balaban J connectivity index is 1.15. The van der Waals surface area contributed by atoms with E-state index in [1.807, 2.05) is 22.7 Å². The van der Waals surface area contributed by atoms with Gasteiger partial charge in [-0.05, 0) is 105 Å². The van der Waals surface area contributed by atoms with Gasteiger partial charge < -0.3 is 0 Å². The Morgan fingerprint density at radius 1 is 0.364 bits per heavy atom. The Kier molecular flexibility index (Phi) is 11.3. The van der Waals surface area contributed by atoms with Crippen molar-refractivity contribution in [3.63, 3.8) is 0 Å². The maximum absolute atomic E-state index is 2.48. The first-order valence-electron chi connectivity index (χ1n) is 18.0. The molecule has 0 fully saturated rings. The molecule has 0 aliphatic carbocycles. The highest BCUT2D eigenvalue weighted by Crippen LogP contribution is 2.39. The van der Waals surface area contributed by atoms with Gasteiger partial charge in [0.1, 0.15) is 0 Å². The third kappa shape index (κ3) is 7.68. The first kappa shape index (κ1) is 31.6. The largest absolute Gasteiger partial charge is 0.140 e. The van der Waals surface area contributed by atoms with Crippen LogP contribution < -0.4 is 0 Å². The van der Waals surface area contributed by atoms with Crippen LogP contribution in [0.5, 0.6) is 0 Å². The van der Waals surface area contributed by atoms with E-state index < -0.39 is 0 Å². The van der Waals surface area contributed by atoms with Crippen LogP contribution >= 0.6 is 22.7 Å². The van der Waals surface area contributed by atoms with Crippen LogP contribution in [0.15, 0.2) is 60.7 Å². The number of unbranched alkanes of at least 4 members (excludes halogenated alkanes) is 14. The Morgan fingerprint density at radius 3 is 1.16 bits per heavy atom. The number of thiophene rings is 2. The second kappa shape index (κ2) is 15.7. The predicted octanol–water partition coefficient (Wildman–Crippen LogP) is 14.9. The highest BCUT2D eigenvalue weighted by molar-refractivity contribution is 7.19. The zero-order chi connectivity index (χ0) is 30.1. The van der Waals surface area contributed by atoms with Gasteiger partial charge in [0.15, 0.2) is 0 Å².